The topological polar surface area (TPSA) is 81.7 Å². The van der Waals surface area contributed by atoms with Crippen LogP contribution in [-0.2, 0) is 19.1 Å². The number of para-hydroxylation sites is 2. The van der Waals surface area contributed by atoms with E-state index < -0.39 is 17.7 Å². The van der Waals surface area contributed by atoms with Crippen molar-refractivity contribution in [3.63, 3.8) is 0 Å². The Kier molecular flexibility index (Phi) is 6.56. The predicted octanol–water partition coefficient (Wildman–Crippen LogP) is 1.88. The van der Waals surface area contributed by atoms with Crippen molar-refractivity contribution < 1.29 is 23.9 Å². The Morgan fingerprint density at radius 1 is 1.23 bits per heavy atom. The zero-order valence-electron chi connectivity index (χ0n) is 12.3. The Labute approximate surface area is 128 Å². The van der Waals surface area contributed by atoms with Crippen molar-refractivity contribution in [3.8, 4) is 5.75 Å². The number of rotatable bonds is 8. The molecule has 1 amide bonds. The molecule has 0 saturated heterocycles. The van der Waals surface area contributed by atoms with E-state index in [1.807, 2.05) is 0 Å². The van der Waals surface area contributed by atoms with Gasteiger partial charge in [-0.15, -0.1) is 0 Å². The molecule has 0 atom stereocenters. The van der Waals surface area contributed by atoms with E-state index in [-0.39, 0.29) is 18.8 Å². The fourth-order valence-electron chi connectivity index (χ4n) is 1.41. The van der Waals surface area contributed by atoms with Gasteiger partial charge in [0.2, 0.25) is 0 Å². The lowest BCUT2D eigenvalue weighted by Crippen LogP contribution is -2.19. The normalized spacial score (nSPS) is 9.50. The summed E-state index contributed by atoms with van der Waals surface area (Å²) in [6.45, 7) is 8.11. The Balaban J connectivity index is 2.64. The van der Waals surface area contributed by atoms with Crippen LogP contribution in [0.2, 0.25) is 0 Å². The van der Waals surface area contributed by atoms with Crippen LogP contribution in [0, 0.1) is 0 Å². The summed E-state index contributed by atoms with van der Waals surface area (Å²) in [5.74, 6) is -1.15. The van der Waals surface area contributed by atoms with Crippen LogP contribution < -0.4 is 10.1 Å². The molecule has 0 fully saturated rings. The Hall–Kier alpha value is -2.89. The molecule has 0 aromatic heterocycles. The highest BCUT2D eigenvalue weighted by atomic mass is 16.6. The first-order valence-electron chi connectivity index (χ1n) is 6.48. The monoisotopic (exact) mass is 303 g/mol. The maximum Gasteiger partial charge on any atom is 0.330 e. The van der Waals surface area contributed by atoms with Crippen molar-refractivity contribution in [2.75, 3.05) is 18.5 Å². The van der Waals surface area contributed by atoms with Gasteiger partial charge in [-0.1, -0.05) is 25.3 Å². The molecule has 6 heteroatoms. The van der Waals surface area contributed by atoms with Crippen LogP contribution in [0.1, 0.15) is 6.92 Å². The van der Waals surface area contributed by atoms with Crippen LogP contribution in [0.25, 0.3) is 0 Å². The van der Waals surface area contributed by atoms with Crippen LogP contribution in [-0.4, -0.2) is 30.9 Å². The molecule has 1 aromatic rings. The molecular weight excluding hydrogens is 286 g/mol. The summed E-state index contributed by atoms with van der Waals surface area (Å²) in [5.41, 5.74) is 0.250. The van der Waals surface area contributed by atoms with Crippen LogP contribution in [0.3, 0.4) is 0 Å². The van der Waals surface area contributed by atoms with Gasteiger partial charge in [-0.05, 0) is 19.1 Å². The van der Waals surface area contributed by atoms with Crippen molar-refractivity contribution in [2.45, 2.75) is 6.92 Å². The minimum absolute atomic E-state index is 0.0489. The second-order valence-corrected chi connectivity index (χ2v) is 4.21. The van der Waals surface area contributed by atoms with E-state index in [9.17, 15) is 14.4 Å². The molecule has 0 radical (unpaired) electrons. The number of ether oxygens (including phenoxy) is 2. The SMILES string of the molecule is C=CC(=O)OCCOc1ccccc1NC(=O)C(=C)C(C)=O. The number of esters is 1. The largest absolute Gasteiger partial charge is 0.488 e. The van der Waals surface area contributed by atoms with Gasteiger partial charge in [-0.2, -0.15) is 0 Å². The number of hydrogen-bond acceptors (Lipinski definition) is 5. The minimum atomic E-state index is -0.596. The maximum absolute atomic E-state index is 11.8. The van der Waals surface area contributed by atoms with Crippen LogP contribution in [0.5, 0.6) is 5.75 Å². The van der Waals surface area contributed by atoms with Gasteiger partial charge in [-0.25, -0.2) is 4.79 Å². The quantitative estimate of drug-likeness (QED) is 0.261. The van der Waals surface area contributed by atoms with E-state index in [2.05, 4.69) is 18.5 Å². The van der Waals surface area contributed by atoms with Crippen LogP contribution in [0.15, 0.2) is 49.1 Å². The molecule has 0 bridgehead atoms. The highest BCUT2D eigenvalue weighted by Gasteiger charge is 2.13. The third kappa shape index (κ3) is 5.24. The van der Waals surface area contributed by atoms with Gasteiger partial charge in [0.1, 0.15) is 19.0 Å². The number of ketones is 1. The van der Waals surface area contributed by atoms with Gasteiger partial charge in [0, 0.05) is 6.08 Å². The summed E-state index contributed by atoms with van der Waals surface area (Å²) in [4.78, 5) is 33.8. The molecule has 22 heavy (non-hydrogen) atoms. The maximum atomic E-state index is 11.8. The van der Waals surface area contributed by atoms with Gasteiger partial charge in [-0.3, -0.25) is 9.59 Å². The summed E-state index contributed by atoms with van der Waals surface area (Å²) < 4.78 is 10.2. The van der Waals surface area contributed by atoms with Crippen molar-refractivity contribution >= 4 is 23.3 Å². The lowest BCUT2D eigenvalue weighted by Gasteiger charge is -2.12. The second-order valence-electron chi connectivity index (χ2n) is 4.21. The molecular formula is C16H17NO5. The molecule has 116 valence electrons. The number of nitrogens with one attached hydrogen (secondary N) is 1. The Morgan fingerprint density at radius 3 is 2.55 bits per heavy atom. The number of anilines is 1. The van der Waals surface area contributed by atoms with E-state index in [0.717, 1.165) is 6.08 Å². The number of Topliss-reactive ketones (excluding diaryl/α,β-unsaturated/α-hetero) is 1. The predicted molar refractivity (Wildman–Crippen MR) is 81.5 cm³/mol. The highest BCUT2D eigenvalue weighted by Crippen LogP contribution is 2.24. The lowest BCUT2D eigenvalue weighted by atomic mass is 10.2. The van der Waals surface area contributed by atoms with Gasteiger partial charge < -0.3 is 14.8 Å². The van der Waals surface area contributed by atoms with E-state index in [4.69, 9.17) is 9.47 Å². The second kappa shape index (κ2) is 8.41. The van der Waals surface area contributed by atoms with E-state index in [1.54, 1.807) is 24.3 Å². The number of hydrogen-bond donors (Lipinski definition) is 1. The molecule has 0 aliphatic rings. The highest BCUT2D eigenvalue weighted by molar-refractivity contribution is 6.22. The van der Waals surface area contributed by atoms with Crippen LogP contribution in [0.4, 0.5) is 5.69 Å². The third-order valence-corrected chi connectivity index (χ3v) is 2.59. The molecule has 0 spiro atoms. The molecule has 0 heterocycles. The molecule has 1 aromatic carbocycles. The Morgan fingerprint density at radius 2 is 1.91 bits per heavy atom. The summed E-state index contributed by atoms with van der Waals surface area (Å²) in [6.07, 6.45) is 1.06. The number of amides is 1. The molecule has 0 saturated carbocycles. The summed E-state index contributed by atoms with van der Waals surface area (Å²) >= 11 is 0. The zero-order chi connectivity index (χ0) is 16.5. The van der Waals surface area contributed by atoms with Gasteiger partial charge in [0.05, 0.1) is 11.3 Å². The first-order chi connectivity index (χ1) is 10.5. The fourth-order valence-corrected chi connectivity index (χ4v) is 1.41. The van der Waals surface area contributed by atoms with Crippen molar-refractivity contribution in [1.29, 1.82) is 0 Å². The molecule has 0 aliphatic carbocycles. The van der Waals surface area contributed by atoms with E-state index >= 15 is 0 Å². The van der Waals surface area contributed by atoms with Crippen molar-refractivity contribution in [2.24, 2.45) is 0 Å². The standard InChI is InChI=1S/C16H17NO5/c1-4-15(19)22-10-9-21-14-8-6-5-7-13(14)17-16(20)11(2)12(3)18/h4-8H,1-2,9-10H2,3H3,(H,17,20). The molecule has 0 unspecified atom stereocenters. The minimum Gasteiger partial charge on any atom is -0.488 e. The first kappa shape index (κ1) is 17.2. The average molecular weight is 303 g/mol. The number of benzene rings is 1. The molecule has 1 rings (SSSR count). The molecule has 0 aliphatic heterocycles. The lowest BCUT2D eigenvalue weighted by molar-refractivity contribution is -0.138. The van der Waals surface area contributed by atoms with Gasteiger partial charge in [0.15, 0.2) is 5.78 Å². The molecule has 1 N–H and O–H groups in total. The Bertz CT molecular complexity index is 606. The van der Waals surface area contributed by atoms with Crippen LogP contribution >= 0.6 is 0 Å². The van der Waals surface area contributed by atoms with E-state index in [0.29, 0.717) is 11.4 Å². The molecule has 6 nitrogen and oxygen atoms in total. The fraction of sp³-hybridized carbons (Fsp3) is 0.188. The number of carbonyl (C=O) groups excluding carboxylic acids is 3. The summed E-state index contributed by atoms with van der Waals surface area (Å²) in [5, 5.41) is 2.54. The first-order valence-corrected chi connectivity index (χ1v) is 6.48. The smallest absolute Gasteiger partial charge is 0.330 e. The zero-order valence-corrected chi connectivity index (χ0v) is 12.3. The number of carbonyl (C=O) groups is 3. The summed E-state index contributed by atoms with van der Waals surface area (Å²) in [7, 11) is 0. The van der Waals surface area contributed by atoms with Gasteiger partial charge >= 0.3 is 5.97 Å². The average Bonchev–Trinajstić information content (AvgIpc) is 2.51. The van der Waals surface area contributed by atoms with Crippen molar-refractivity contribution in [1.82, 2.24) is 0 Å². The summed E-state index contributed by atoms with van der Waals surface area (Å²) in [6, 6.07) is 6.69. The van der Waals surface area contributed by atoms with Crippen molar-refractivity contribution in [3.05, 3.63) is 49.1 Å². The van der Waals surface area contributed by atoms with Gasteiger partial charge in [0.25, 0.3) is 5.91 Å². The van der Waals surface area contributed by atoms with E-state index in [1.165, 1.54) is 6.92 Å². The third-order valence-electron chi connectivity index (χ3n) is 2.59.